The van der Waals surface area contributed by atoms with Gasteiger partial charge >= 0.3 is 0 Å². The molecule has 2 atom stereocenters. The van der Waals surface area contributed by atoms with Gasteiger partial charge in [0.15, 0.2) is 5.69 Å². The number of aromatic nitrogens is 1. The molecule has 0 aromatic carbocycles. The third-order valence-electron chi connectivity index (χ3n) is 7.51. The number of fused-ring (bicyclic) bond motifs is 2. The fourth-order valence-electron chi connectivity index (χ4n) is 5.95. The molecule has 0 radical (unpaired) electrons. The monoisotopic (exact) mass is 438 g/mol. The zero-order valence-electron chi connectivity index (χ0n) is 18.0. The van der Waals surface area contributed by atoms with Gasteiger partial charge in [-0.25, -0.2) is 12.7 Å². The van der Waals surface area contributed by atoms with E-state index in [9.17, 15) is 18.0 Å². The van der Waals surface area contributed by atoms with Gasteiger partial charge in [0.1, 0.15) is 5.76 Å². The van der Waals surface area contributed by atoms with E-state index in [4.69, 9.17) is 4.52 Å². The summed E-state index contributed by atoms with van der Waals surface area (Å²) >= 11 is 0. The van der Waals surface area contributed by atoms with Crippen molar-refractivity contribution in [2.75, 3.05) is 46.5 Å². The van der Waals surface area contributed by atoms with Gasteiger partial charge in [0, 0.05) is 46.3 Å². The van der Waals surface area contributed by atoms with Crippen LogP contribution in [0.4, 0.5) is 0 Å². The molecule has 3 heterocycles. The molecule has 0 N–H and O–H groups in total. The highest BCUT2D eigenvalue weighted by Crippen LogP contribution is 2.62. The zero-order chi connectivity index (χ0) is 21.9. The van der Waals surface area contributed by atoms with E-state index >= 15 is 0 Å². The number of sulfonamides is 1. The molecular formula is C20H30N4O5S. The van der Waals surface area contributed by atoms with Crippen molar-refractivity contribution in [3.63, 3.8) is 0 Å². The first-order valence-corrected chi connectivity index (χ1v) is 12.2. The lowest BCUT2D eigenvalue weighted by atomic mass is 9.65. The van der Waals surface area contributed by atoms with Crippen LogP contribution in [-0.4, -0.2) is 86.0 Å². The summed E-state index contributed by atoms with van der Waals surface area (Å²) in [4.78, 5) is 29.4. The number of amides is 2. The quantitative estimate of drug-likeness (QED) is 0.696. The lowest BCUT2D eigenvalue weighted by Crippen LogP contribution is -2.49. The van der Waals surface area contributed by atoms with E-state index in [-0.39, 0.29) is 29.7 Å². The second kappa shape index (κ2) is 7.05. The van der Waals surface area contributed by atoms with Crippen LogP contribution in [-0.2, 0) is 14.8 Å². The Balaban J connectivity index is 1.57. The number of hydrogen-bond donors (Lipinski definition) is 0. The van der Waals surface area contributed by atoms with Crippen LogP contribution in [0.5, 0.6) is 0 Å². The topological polar surface area (TPSA) is 104 Å². The highest BCUT2D eigenvalue weighted by molar-refractivity contribution is 7.88. The van der Waals surface area contributed by atoms with Gasteiger partial charge in [0.25, 0.3) is 5.91 Å². The van der Waals surface area contributed by atoms with Crippen molar-refractivity contribution in [2.45, 2.75) is 32.6 Å². The summed E-state index contributed by atoms with van der Waals surface area (Å²) in [5, 5.41) is 3.83. The molecule has 1 spiro atoms. The van der Waals surface area contributed by atoms with Gasteiger partial charge in [-0.3, -0.25) is 9.59 Å². The van der Waals surface area contributed by atoms with Crippen molar-refractivity contribution in [2.24, 2.45) is 16.7 Å². The number of likely N-dealkylation sites (tertiary alicyclic amines) is 1. The van der Waals surface area contributed by atoms with Crippen molar-refractivity contribution in [3.8, 4) is 0 Å². The lowest BCUT2D eigenvalue weighted by molar-refractivity contribution is -0.141. The van der Waals surface area contributed by atoms with Crippen LogP contribution in [0.15, 0.2) is 10.6 Å². The molecule has 2 aliphatic heterocycles. The molecule has 10 heteroatoms. The van der Waals surface area contributed by atoms with Gasteiger partial charge in [-0.15, -0.1) is 0 Å². The average Bonchev–Trinajstić information content (AvgIpc) is 3.36. The largest absolute Gasteiger partial charge is 0.361 e. The Bertz CT molecular complexity index is 964. The van der Waals surface area contributed by atoms with E-state index in [1.807, 2.05) is 0 Å². The highest BCUT2D eigenvalue weighted by atomic mass is 32.2. The third-order valence-corrected chi connectivity index (χ3v) is 8.73. The summed E-state index contributed by atoms with van der Waals surface area (Å²) in [7, 11) is 0.103. The Kier molecular flexibility index (Phi) is 5.00. The average molecular weight is 439 g/mol. The Hall–Kier alpha value is -1.94. The molecule has 1 aliphatic carbocycles. The summed E-state index contributed by atoms with van der Waals surface area (Å²) < 4.78 is 31.1. The summed E-state index contributed by atoms with van der Waals surface area (Å²) in [6, 6.07) is 1.64. The number of nitrogens with zero attached hydrogens (tertiary/aromatic N) is 4. The molecule has 3 aliphatic rings. The standard InChI is InChI=1S/C20H30N4O5S/c1-14-11-15(21-29-14)17(25)23-9-7-19(8-10-23)5-6-20(18(26)22(2)3)13-24(12-16(19)20)30(4,27)28/h11,16H,5-10,12-13H2,1-4H3/t16-,20+/m1/s1. The van der Waals surface area contributed by atoms with Crippen LogP contribution in [0.3, 0.4) is 0 Å². The maximum absolute atomic E-state index is 13.2. The molecule has 1 aromatic heterocycles. The minimum absolute atomic E-state index is 0.0205. The molecule has 4 rings (SSSR count). The number of hydrogen-bond acceptors (Lipinski definition) is 6. The number of rotatable bonds is 3. The first-order chi connectivity index (χ1) is 14.0. The summed E-state index contributed by atoms with van der Waals surface area (Å²) in [5.41, 5.74) is -0.472. The second-order valence-corrected chi connectivity index (χ2v) is 11.4. The van der Waals surface area contributed by atoms with Gasteiger partial charge in [-0.2, -0.15) is 0 Å². The molecule has 3 fully saturated rings. The van der Waals surface area contributed by atoms with Gasteiger partial charge in [-0.1, -0.05) is 5.16 Å². The second-order valence-electron chi connectivity index (χ2n) is 9.44. The predicted molar refractivity (Wildman–Crippen MR) is 109 cm³/mol. The SMILES string of the molecule is Cc1cc(C(=O)N2CCC3(CC2)CC[C@]2(C(=O)N(C)C)CN(S(C)(=O)=O)C[C@H]32)no1. The number of carbonyl (C=O) groups is 2. The number of piperidine rings is 1. The highest BCUT2D eigenvalue weighted by Gasteiger charge is 2.65. The van der Waals surface area contributed by atoms with E-state index < -0.39 is 15.4 Å². The Labute approximate surface area is 177 Å². The van der Waals surface area contributed by atoms with E-state index in [1.165, 1.54) is 10.6 Å². The molecular weight excluding hydrogens is 408 g/mol. The number of aryl methyl sites for hydroxylation is 1. The smallest absolute Gasteiger partial charge is 0.276 e. The van der Waals surface area contributed by atoms with Crippen LogP contribution in [0.1, 0.15) is 41.9 Å². The van der Waals surface area contributed by atoms with Gasteiger partial charge in [-0.05, 0) is 43.9 Å². The minimum atomic E-state index is -3.38. The fourth-order valence-corrected chi connectivity index (χ4v) is 6.84. The molecule has 2 amide bonds. The zero-order valence-corrected chi connectivity index (χ0v) is 18.9. The van der Waals surface area contributed by atoms with Gasteiger partial charge < -0.3 is 14.3 Å². The van der Waals surface area contributed by atoms with Gasteiger partial charge in [0.05, 0.1) is 11.7 Å². The normalized spacial score (nSPS) is 28.7. The van der Waals surface area contributed by atoms with E-state index in [0.29, 0.717) is 37.5 Å². The maximum Gasteiger partial charge on any atom is 0.276 e. The van der Waals surface area contributed by atoms with Gasteiger partial charge in [0.2, 0.25) is 15.9 Å². The molecule has 2 saturated heterocycles. The van der Waals surface area contributed by atoms with Crippen LogP contribution >= 0.6 is 0 Å². The molecule has 1 saturated carbocycles. The first kappa shape index (κ1) is 21.3. The van der Waals surface area contributed by atoms with Crippen molar-refractivity contribution in [3.05, 3.63) is 17.5 Å². The molecule has 30 heavy (non-hydrogen) atoms. The summed E-state index contributed by atoms with van der Waals surface area (Å²) in [6.45, 7) is 3.55. The Morgan fingerprint density at radius 1 is 1.20 bits per heavy atom. The predicted octanol–water partition coefficient (Wildman–Crippen LogP) is 0.965. The fraction of sp³-hybridized carbons (Fsp3) is 0.750. The summed E-state index contributed by atoms with van der Waals surface area (Å²) in [5.74, 6) is 0.453. The summed E-state index contributed by atoms with van der Waals surface area (Å²) in [6.07, 6.45) is 4.33. The first-order valence-electron chi connectivity index (χ1n) is 10.4. The molecule has 166 valence electrons. The van der Waals surface area contributed by atoms with E-state index in [2.05, 4.69) is 5.16 Å². The molecule has 0 bridgehead atoms. The molecule has 1 aromatic rings. The van der Waals surface area contributed by atoms with Crippen molar-refractivity contribution in [1.29, 1.82) is 0 Å². The molecule has 0 unspecified atom stereocenters. The third kappa shape index (κ3) is 3.24. The van der Waals surface area contributed by atoms with Crippen molar-refractivity contribution in [1.82, 2.24) is 19.3 Å². The lowest BCUT2D eigenvalue weighted by Gasteiger charge is -2.44. The van der Waals surface area contributed by atoms with E-state index in [1.54, 1.807) is 36.9 Å². The van der Waals surface area contributed by atoms with E-state index in [0.717, 1.165) is 19.3 Å². The molecule has 9 nitrogen and oxygen atoms in total. The van der Waals surface area contributed by atoms with Crippen LogP contribution in [0.2, 0.25) is 0 Å². The van der Waals surface area contributed by atoms with Crippen LogP contribution < -0.4 is 0 Å². The van der Waals surface area contributed by atoms with Crippen molar-refractivity contribution < 1.29 is 22.5 Å². The maximum atomic E-state index is 13.2. The van der Waals surface area contributed by atoms with Crippen LogP contribution in [0.25, 0.3) is 0 Å². The Morgan fingerprint density at radius 2 is 1.87 bits per heavy atom. The minimum Gasteiger partial charge on any atom is -0.361 e. The Morgan fingerprint density at radius 3 is 2.40 bits per heavy atom. The number of carbonyl (C=O) groups excluding carboxylic acids is 2. The van der Waals surface area contributed by atoms with Crippen LogP contribution in [0, 0.1) is 23.7 Å². The van der Waals surface area contributed by atoms with Crippen molar-refractivity contribution >= 4 is 21.8 Å².